The summed E-state index contributed by atoms with van der Waals surface area (Å²) in [6, 6.07) is 6.07. The van der Waals surface area contributed by atoms with Crippen molar-refractivity contribution in [2.24, 2.45) is 0 Å². The predicted octanol–water partition coefficient (Wildman–Crippen LogP) is 3.51. The van der Waals surface area contributed by atoms with E-state index in [2.05, 4.69) is 23.7 Å². The zero-order valence-electron chi connectivity index (χ0n) is 11.7. The number of carbonyl (C=O) groups is 1. The van der Waals surface area contributed by atoms with Gasteiger partial charge in [-0.15, -0.1) is 0 Å². The van der Waals surface area contributed by atoms with Crippen molar-refractivity contribution < 1.29 is 9.90 Å². The molecule has 0 aliphatic carbocycles. The third-order valence-electron chi connectivity index (χ3n) is 3.45. The molecule has 0 saturated carbocycles. The van der Waals surface area contributed by atoms with E-state index in [1.54, 1.807) is 0 Å². The van der Waals surface area contributed by atoms with Crippen LogP contribution in [-0.4, -0.2) is 33.5 Å². The Bertz CT molecular complexity index is 607. The number of nitrogens with zero attached hydrogens (tertiary/aromatic N) is 1. The van der Waals surface area contributed by atoms with Gasteiger partial charge in [-0.2, -0.15) is 0 Å². The van der Waals surface area contributed by atoms with Crippen molar-refractivity contribution in [2.75, 3.05) is 6.54 Å². The number of aliphatic carboxylic acids is 1. The highest BCUT2D eigenvalue weighted by molar-refractivity contribution is 6.31. The molecule has 1 aromatic heterocycles. The summed E-state index contributed by atoms with van der Waals surface area (Å²) in [5.74, 6) is -0.763. The van der Waals surface area contributed by atoms with Crippen LogP contribution in [0.15, 0.2) is 24.4 Å². The van der Waals surface area contributed by atoms with Crippen LogP contribution in [0.3, 0.4) is 0 Å². The lowest BCUT2D eigenvalue weighted by Gasteiger charge is -2.25. The Balaban J connectivity index is 2.18. The maximum absolute atomic E-state index is 10.7. The smallest absolute Gasteiger partial charge is 0.304 e. The summed E-state index contributed by atoms with van der Waals surface area (Å²) < 4.78 is 0. The molecular weight excluding hydrogens is 276 g/mol. The highest BCUT2D eigenvalue weighted by atomic mass is 35.5. The Labute approximate surface area is 123 Å². The van der Waals surface area contributed by atoms with Crippen molar-refractivity contribution >= 4 is 28.5 Å². The standard InChI is InChI=1S/C15H19ClN2O2/c1-10(2)18(6-5-15(19)20)9-11-8-17-14-7-12(16)3-4-13(11)14/h3-4,7-8,10,17H,5-6,9H2,1-2H3,(H,19,20). The van der Waals surface area contributed by atoms with Crippen molar-refractivity contribution in [3.8, 4) is 0 Å². The van der Waals surface area contributed by atoms with Crippen LogP contribution in [0.25, 0.3) is 10.9 Å². The van der Waals surface area contributed by atoms with Gasteiger partial charge in [0.1, 0.15) is 0 Å². The molecule has 0 aliphatic rings. The number of benzene rings is 1. The molecule has 108 valence electrons. The molecule has 0 bridgehead atoms. The second-order valence-electron chi connectivity index (χ2n) is 5.21. The first kappa shape index (κ1) is 14.9. The lowest BCUT2D eigenvalue weighted by atomic mass is 10.1. The highest BCUT2D eigenvalue weighted by Gasteiger charge is 2.14. The van der Waals surface area contributed by atoms with E-state index in [1.165, 1.54) is 0 Å². The quantitative estimate of drug-likeness (QED) is 0.857. The van der Waals surface area contributed by atoms with Gasteiger partial charge in [-0.1, -0.05) is 17.7 Å². The summed E-state index contributed by atoms with van der Waals surface area (Å²) >= 11 is 5.97. The summed E-state index contributed by atoms with van der Waals surface area (Å²) in [5, 5.41) is 10.7. The van der Waals surface area contributed by atoms with Gasteiger partial charge >= 0.3 is 5.97 Å². The van der Waals surface area contributed by atoms with Gasteiger partial charge in [-0.3, -0.25) is 9.69 Å². The van der Waals surface area contributed by atoms with Crippen molar-refractivity contribution in [2.45, 2.75) is 32.9 Å². The van der Waals surface area contributed by atoms with Gasteiger partial charge in [0.05, 0.1) is 6.42 Å². The zero-order chi connectivity index (χ0) is 14.7. The molecule has 0 saturated heterocycles. The van der Waals surface area contributed by atoms with Crippen LogP contribution in [0, 0.1) is 0 Å². The SMILES string of the molecule is CC(C)N(CCC(=O)O)Cc1c[nH]c2cc(Cl)ccc12. The van der Waals surface area contributed by atoms with Gasteiger partial charge in [-0.25, -0.2) is 0 Å². The summed E-state index contributed by atoms with van der Waals surface area (Å²) in [6.07, 6.45) is 2.13. The first-order valence-corrected chi connectivity index (χ1v) is 7.06. The zero-order valence-corrected chi connectivity index (χ0v) is 12.4. The van der Waals surface area contributed by atoms with Gasteiger partial charge in [0, 0.05) is 41.3 Å². The fraction of sp³-hybridized carbons (Fsp3) is 0.400. The van der Waals surface area contributed by atoms with Crippen molar-refractivity contribution in [3.05, 3.63) is 35.0 Å². The number of fused-ring (bicyclic) bond motifs is 1. The summed E-state index contributed by atoms with van der Waals surface area (Å²) in [6.45, 7) is 5.43. The molecule has 4 nitrogen and oxygen atoms in total. The molecule has 5 heteroatoms. The maximum Gasteiger partial charge on any atom is 0.304 e. The van der Waals surface area contributed by atoms with E-state index in [1.807, 2.05) is 24.4 Å². The summed E-state index contributed by atoms with van der Waals surface area (Å²) in [5.41, 5.74) is 2.17. The van der Waals surface area contributed by atoms with Crippen molar-refractivity contribution in [3.63, 3.8) is 0 Å². The van der Waals surface area contributed by atoms with E-state index in [0.717, 1.165) is 23.0 Å². The second kappa shape index (κ2) is 6.29. The Kier molecular flexibility index (Phi) is 4.68. The minimum absolute atomic E-state index is 0.159. The Hall–Kier alpha value is -1.52. The number of aromatic nitrogens is 1. The number of carboxylic acid groups (broad SMARTS) is 1. The number of halogens is 1. The average molecular weight is 295 g/mol. The summed E-state index contributed by atoms with van der Waals surface area (Å²) in [4.78, 5) is 16.1. The molecule has 0 radical (unpaired) electrons. The number of hydrogen-bond acceptors (Lipinski definition) is 2. The van der Waals surface area contributed by atoms with E-state index in [0.29, 0.717) is 17.6 Å². The number of carboxylic acids is 1. The summed E-state index contributed by atoms with van der Waals surface area (Å²) in [7, 11) is 0. The molecule has 0 aliphatic heterocycles. The van der Waals surface area contributed by atoms with Crippen LogP contribution in [0.1, 0.15) is 25.8 Å². The topological polar surface area (TPSA) is 56.3 Å². The van der Waals surface area contributed by atoms with E-state index in [4.69, 9.17) is 16.7 Å². The van der Waals surface area contributed by atoms with Crippen LogP contribution in [0.2, 0.25) is 5.02 Å². The van der Waals surface area contributed by atoms with Gasteiger partial charge < -0.3 is 10.1 Å². The molecule has 1 heterocycles. The van der Waals surface area contributed by atoms with E-state index < -0.39 is 5.97 Å². The van der Waals surface area contributed by atoms with E-state index in [9.17, 15) is 4.79 Å². The number of aromatic amines is 1. The lowest BCUT2D eigenvalue weighted by Crippen LogP contribution is -2.32. The molecule has 20 heavy (non-hydrogen) atoms. The number of rotatable bonds is 6. The molecular formula is C15H19ClN2O2. The first-order valence-electron chi connectivity index (χ1n) is 6.68. The Morgan fingerprint density at radius 3 is 2.85 bits per heavy atom. The molecule has 0 spiro atoms. The number of H-pyrrole nitrogens is 1. The number of nitrogens with one attached hydrogen (secondary N) is 1. The molecule has 0 amide bonds. The monoisotopic (exact) mass is 294 g/mol. The third kappa shape index (κ3) is 3.52. The molecule has 2 rings (SSSR count). The minimum Gasteiger partial charge on any atom is -0.481 e. The Morgan fingerprint density at radius 1 is 1.45 bits per heavy atom. The fourth-order valence-corrected chi connectivity index (χ4v) is 2.44. The maximum atomic E-state index is 10.7. The van der Waals surface area contributed by atoms with Crippen molar-refractivity contribution in [1.82, 2.24) is 9.88 Å². The molecule has 2 N–H and O–H groups in total. The van der Waals surface area contributed by atoms with Gasteiger partial charge in [0.15, 0.2) is 0 Å². The molecule has 1 aromatic carbocycles. The fourth-order valence-electron chi connectivity index (χ4n) is 2.27. The van der Waals surface area contributed by atoms with Gasteiger partial charge in [0.2, 0.25) is 0 Å². The first-order chi connectivity index (χ1) is 9.47. The van der Waals surface area contributed by atoms with Gasteiger partial charge in [0.25, 0.3) is 0 Å². The normalized spacial score (nSPS) is 11.7. The van der Waals surface area contributed by atoms with Crippen LogP contribution < -0.4 is 0 Å². The molecule has 0 fully saturated rings. The molecule has 0 atom stereocenters. The van der Waals surface area contributed by atoms with Crippen LogP contribution in [-0.2, 0) is 11.3 Å². The Morgan fingerprint density at radius 2 is 2.20 bits per heavy atom. The van der Waals surface area contributed by atoms with Gasteiger partial charge in [-0.05, 0) is 31.5 Å². The molecule has 2 aromatic rings. The molecule has 0 unspecified atom stereocenters. The van der Waals surface area contributed by atoms with E-state index in [-0.39, 0.29) is 6.42 Å². The minimum atomic E-state index is -0.763. The number of hydrogen-bond donors (Lipinski definition) is 2. The van der Waals surface area contributed by atoms with Crippen LogP contribution in [0.4, 0.5) is 0 Å². The third-order valence-corrected chi connectivity index (χ3v) is 3.68. The van der Waals surface area contributed by atoms with Crippen LogP contribution in [0.5, 0.6) is 0 Å². The van der Waals surface area contributed by atoms with Crippen LogP contribution >= 0.6 is 11.6 Å². The predicted molar refractivity (Wildman–Crippen MR) is 81.1 cm³/mol. The van der Waals surface area contributed by atoms with Crippen molar-refractivity contribution in [1.29, 1.82) is 0 Å². The largest absolute Gasteiger partial charge is 0.481 e. The lowest BCUT2D eigenvalue weighted by molar-refractivity contribution is -0.137. The van der Waals surface area contributed by atoms with E-state index >= 15 is 0 Å². The average Bonchev–Trinajstić information content (AvgIpc) is 2.76. The second-order valence-corrected chi connectivity index (χ2v) is 5.65. The highest BCUT2D eigenvalue weighted by Crippen LogP contribution is 2.23.